The molecule has 8 nitrogen and oxygen atoms in total. The van der Waals surface area contributed by atoms with Gasteiger partial charge in [-0.15, -0.1) is 11.3 Å². The number of rotatable bonds is 6. The Kier molecular flexibility index (Phi) is 5.74. The van der Waals surface area contributed by atoms with Crippen molar-refractivity contribution >= 4 is 38.8 Å². The Labute approximate surface area is 187 Å². The number of nitro benzene ring substituents is 1. The van der Waals surface area contributed by atoms with Crippen LogP contribution in [0.25, 0.3) is 20.8 Å². The third kappa shape index (κ3) is 4.10. The summed E-state index contributed by atoms with van der Waals surface area (Å²) in [5, 5.41) is 15.0. The second-order valence-corrected chi connectivity index (χ2v) is 8.03. The van der Waals surface area contributed by atoms with Crippen molar-refractivity contribution in [2.45, 2.75) is 6.92 Å². The fourth-order valence-electron chi connectivity index (χ4n) is 3.25. The molecule has 0 aliphatic carbocycles. The monoisotopic (exact) mass is 449 g/mol. The first-order valence-electron chi connectivity index (χ1n) is 9.59. The molecule has 0 saturated carbocycles. The van der Waals surface area contributed by atoms with Gasteiger partial charge in [0.25, 0.3) is 11.6 Å². The summed E-state index contributed by atoms with van der Waals surface area (Å²) in [6, 6.07) is 15.8. The summed E-state index contributed by atoms with van der Waals surface area (Å²) in [7, 11) is 2.77. The van der Waals surface area contributed by atoms with Crippen molar-refractivity contribution in [3.8, 4) is 22.1 Å². The van der Waals surface area contributed by atoms with Crippen molar-refractivity contribution in [3.63, 3.8) is 0 Å². The number of carbonyl (C=O) groups is 1. The van der Waals surface area contributed by atoms with Crippen LogP contribution in [-0.4, -0.2) is 30.0 Å². The zero-order chi connectivity index (χ0) is 22.8. The minimum absolute atomic E-state index is 0.127. The molecule has 0 spiro atoms. The van der Waals surface area contributed by atoms with Gasteiger partial charge in [0.05, 0.1) is 35.4 Å². The van der Waals surface area contributed by atoms with Crippen LogP contribution < -0.4 is 14.8 Å². The summed E-state index contributed by atoms with van der Waals surface area (Å²) in [6.45, 7) is 2.04. The van der Waals surface area contributed by atoms with E-state index in [1.807, 2.05) is 31.2 Å². The van der Waals surface area contributed by atoms with E-state index in [-0.39, 0.29) is 22.7 Å². The van der Waals surface area contributed by atoms with Gasteiger partial charge in [0, 0.05) is 17.3 Å². The Morgan fingerprint density at radius 1 is 1.03 bits per heavy atom. The summed E-state index contributed by atoms with van der Waals surface area (Å²) in [5.74, 6) is -0.225. The number of nitro groups is 1. The van der Waals surface area contributed by atoms with Crippen molar-refractivity contribution in [1.29, 1.82) is 0 Å². The molecule has 0 atom stereocenters. The topological polar surface area (TPSA) is 104 Å². The second kappa shape index (κ2) is 8.64. The highest BCUT2D eigenvalue weighted by Gasteiger charge is 2.24. The van der Waals surface area contributed by atoms with Crippen LogP contribution in [0.2, 0.25) is 0 Å². The summed E-state index contributed by atoms with van der Waals surface area (Å²) >= 11 is 1.59. The minimum Gasteiger partial charge on any atom is -0.493 e. The molecular formula is C23H19N3O5S. The van der Waals surface area contributed by atoms with Crippen LogP contribution in [0, 0.1) is 17.0 Å². The van der Waals surface area contributed by atoms with Crippen molar-refractivity contribution in [2.24, 2.45) is 0 Å². The van der Waals surface area contributed by atoms with Gasteiger partial charge < -0.3 is 14.8 Å². The largest absolute Gasteiger partial charge is 0.493 e. The maximum absolute atomic E-state index is 12.8. The number of aromatic nitrogens is 1. The van der Waals surface area contributed by atoms with Gasteiger partial charge in [-0.1, -0.05) is 6.07 Å². The summed E-state index contributed by atoms with van der Waals surface area (Å²) in [5.41, 5.74) is 3.03. The number of nitrogens with zero attached hydrogens (tertiary/aromatic N) is 2. The first-order valence-corrected chi connectivity index (χ1v) is 10.4. The average molecular weight is 449 g/mol. The molecule has 0 saturated heterocycles. The van der Waals surface area contributed by atoms with Gasteiger partial charge in [0.2, 0.25) is 0 Å². The molecule has 3 aromatic carbocycles. The fraction of sp³-hybridized carbons (Fsp3) is 0.130. The van der Waals surface area contributed by atoms with E-state index in [2.05, 4.69) is 16.4 Å². The van der Waals surface area contributed by atoms with E-state index in [4.69, 9.17) is 9.47 Å². The molecule has 1 N–H and O–H groups in total. The Morgan fingerprint density at radius 2 is 1.72 bits per heavy atom. The maximum Gasteiger partial charge on any atom is 0.286 e. The van der Waals surface area contributed by atoms with Gasteiger partial charge in [0.15, 0.2) is 11.5 Å². The highest BCUT2D eigenvalue weighted by Crippen LogP contribution is 2.35. The van der Waals surface area contributed by atoms with Gasteiger partial charge in [0.1, 0.15) is 10.6 Å². The highest BCUT2D eigenvalue weighted by molar-refractivity contribution is 7.21. The molecule has 4 aromatic rings. The lowest BCUT2D eigenvalue weighted by atomic mass is 10.1. The van der Waals surface area contributed by atoms with Crippen LogP contribution >= 0.6 is 11.3 Å². The first kappa shape index (κ1) is 21.3. The lowest BCUT2D eigenvalue weighted by Gasteiger charge is -2.11. The summed E-state index contributed by atoms with van der Waals surface area (Å²) in [4.78, 5) is 28.3. The van der Waals surface area contributed by atoms with Gasteiger partial charge >= 0.3 is 0 Å². The van der Waals surface area contributed by atoms with E-state index in [0.717, 1.165) is 20.8 Å². The molecule has 0 radical (unpaired) electrons. The molecule has 4 rings (SSSR count). The summed E-state index contributed by atoms with van der Waals surface area (Å²) in [6.07, 6.45) is 0. The number of hydrogen-bond donors (Lipinski definition) is 1. The summed E-state index contributed by atoms with van der Waals surface area (Å²) < 4.78 is 11.4. The molecule has 1 heterocycles. The minimum atomic E-state index is -0.630. The van der Waals surface area contributed by atoms with Crippen LogP contribution in [0.3, 0.4) is 0 Å². The molecule has 0 aliphatic rings. The van der Waals surface area contributed by atoms with E-state index in [1.165, 1.54) is 31.9 Å². The molecule has 1 aromatic heterocycles. The van der Waals surface area contributed by atoms with E-state index < -0.39 is 10.8 Å². The van der Waals surface area contributed by atoms with Crippen LogP contribution in [0.5, 0.6) is 11.5 Å². The standard InChI is InChI=1S/C23H19N3O5S/c1-13-4-9-17-21(10-13)32-23(25-17)14-5-7-15(8-6-14)24-22(27)16-11-19(30-2)20(31-3)12-18(16)26(28)29/h4-12H,1-3H3,(H,24,27). The zero-order valence-corrected chi connectivity index (χ0v) is 18.4. The average Bonchev–Trinajstić information content (AvgIpc) is 3.21. The van der Waals surface area contributed by atoms with Crippen LogP contribution in [0.4, 0.5) is 11.4 Å². The normalized spacial score (nSPS) is 10.7. The van der Waals surface area contributed by atoms with Gasteiger partial charge in [-0.05, 0) is 48.9 Å². The quantitative estimate of drug-likeness (QED) is 0.310. The Bertz CT molecular complexity index is 1330. The van der Waals surface area contributed by atoms with Crippen LogP contribution in [0.1, 0.15) is 15.9 Å². The number of nitrogens with one attached hydrogen (secondary N) is 1. The predicted molar refractivity (Wildman–Crippen MR) is 124 cm³/mol. The second-order valence-electron chi connectivity index (χ2n) is 7.00. The van der Waals surface area contributed by atoms with E-state index in [9.17, 15) is 14.9 Å². The molecule has 0 aliphatic heterocycles. The number of hydrogen-bond acceptors (Lipinski definition) is 7. The van der Waals surface area contributed by atoms with Gasteiger partial charge in [-0.25, -0.2) is 4.98 Å². The lowest BCUT2D eigenvalue weighted by Crippen LogP contribution is -2.14. The zero-order valence-electron chi connectivity index (χ0n) is 17.5. The molecule has 32 heavy (non-hydrogen) atoms. The van der Waals surface area contributed by atoms with E-state index in [1.54, 1.807) is 23.5 Å². The number of fused-ring (bicyclic) bond motifs is 1. The van der Waals surface area contributed by atoms with Crippen LogP contribution in [0.15, 0.2) is 54.6 Å². The fourth-order valence-corrected chi connectivity index (χ4v) is 4.32. The van der Waals surface area contributed by atoms with Crippen molar-refractivity contribution < 1.29 is 19.2 Å². The predicted octanol–water partition coefficient (Wildman–Crippen LogP) is 5.45. The number of aryl methyl sites for hydroxylation is 1. The van der Waals surface area contributed by atoms with Gasteiger partial charge in [-0.3, -0.25) is 14.9 Å². The molecule has 1 amide bonds. The molecule has 0 bridgehead atoms. The Hall–Kier alpha value is -3.98. The smallest absolute Gasteiger partial charge is 0.286 e. The SMILES string of the molecule is COc1cc(C(=O)Nc2ccc(-c3nc4ccc(C)cc4s3)cc2)c([N+](=O)[O-])cc1OC. The Morgan fingerprint density at radius 3 is 2.38 bits per heavy atom. The van der Waals surface area contributed by atoms with Crippen molar-refractivity contribution in [3.05, 3.63) is 75.8 Å². The van der Waals surface area contributed by atoms with Gasteiger partial charge in [-0.2, -0.15) is 0 Å². The molecular weight excluding hydrogens is 430 g/mol. The third-order valence-corrected chi connectivity index (χ3v) is 5.94. The lowest BCUT2D eigenvalue weighted by molar-refractivity contribution is -0.385. The Balaban J connectivity index is 1.59. The number of anilines is 1. The van der Waals surface area contributed by atoms with E-state index >= 15 is 0 Å². The molecule has 0 fully saturated rings. The number of carbonyl (C=O) groups excluding carboxylic acids is 1. The van der Waals surface area contributed by atoms with E-state index in [0.29, 0.717) is 5.69 Å². The highest BCUT2D eigenvalue weighted by atomic mass is 32.1. The number of benzene rings is 3. The maximum atomic E-state index is 12.8. The number of methoxy groups -OCH3 is 2. The number of amides is 1. The first-order chi connectivity index (χ1) is 15.4. The van der Waals surface area contributed by atoms with Crippen LogP contribution in [-0.2, 0) is 0 Å². The third-order valence-electron chi connectivity index (χ3n) is 4.88. The number of thiazole rings is 1. The number of ether oxygens (including phenoxy) is 2. The molecule has 162 valence electrons. The molecule has 9 heteroatoms. The van der Waals surface area contributed by atoms with Crippen molar-refractivity contribution in [2.75, 3.05) is 19.5 Å². The molecule has 0 unspecified atom stereocenters. The van der Waals surface area contributed by atoms with Crippen molar-refractivity contribution in [1.82, 2.24) is 4.98 Å².